The lowest BCUT2D eigenvalue weighted by Crippen LogP contribution is -2.34. The van der Waals surface area contributed by atoms with Crippen LogP contribution in [0.25, 0.3) is 0 Å². The lowest BCUT2D eigenvalue weighted by molar-refractivity contribution is 0.0761. The fraction of sp³-hybridized carbons (Fsp3) is 0.417. The lowest BCUT2D eigenvalue weighted by atomic mass is 10.1. The Bertz CT molecular complexity index is 415. The third-order valence-corrected chi connectivity index (χ3v) is 2.79. The van der Waals surface area contributed by atoms with E-state index < -0.39 is 17.5 Å². The smallest absolute Gasteiger partial charge is 0.256 e. The zero-order chi connectivity index (χ0) is 12.3. The van der Waals surface area contributed by atoms with Crippen molar-refractivity contribution >= 4 is 5.91 Å². The highest BCUT2D eigenvalue weighted by atomic mass is 19.1. The molecule has 5 heteroatoms. The number of nitrogens with one attached hydrogen (secondary N) is 1. The Morgan fingerprint density at radius 3 is 2.88 bits per heavy atom. The first-order valence-corrected chi connectivity index (χ1v) is 5.63. The van der Waals surface area contributed by atoms with Crippen molar-refractivity contribution in [2.24, 2.45) is 0 Å². The number of rotatable bonds is 1. The first-order chi connectivity index (χ1) is 8.18. The van der Waals surface area contributed by atoms with Crippen LogP contribution in [0.3, 0.4) is 0 Å². The molecule has 0 saturated carbocycles. The Morgan fingerprint density at radius 1 is 1.24 bits per heavy atom. The molecule has 92 valence electrons. The summed E-state index contributed by atoms with van der Waals surface area (Å²) in [7, 11) is 0. The SMILES string of the molecule is O=C(c1cc(F)ccc1F)N1CCCNCC1. The van der Waals surface area contributed by atoms with Gasteiger partial charge in [-0.15, -0.1) is 0 Å². The molecule has 1 N–H and O–H groups in total. The quantitative estimate of drug-likeness (QED) is 0.804. The molecular formula is C12H14F2N2O. The van der Waals surface area contributed by atoms with Gasteiger partial charge in [0, 0.05) is 19.6 Å². The zero-order valence-corrected chi connectivity index (χ0v) is 9.38. The summed E-state index contributed by atoms with van der Waals surface area (Å²) in [6.07, 6.45) is 0.822. The first-order valence-electron chi connectivity index (χ1n) is 5.63. The first kappa shape index (κ1) is 12.0. The van der Waals surface area contributed by atoms with Crippen LogP contribution in [0.15, 0.2) is 18.2 Å². The van der Waals surface area contributed by atoms with Crippen LogP contribution in [0.5, 0.6) is 0 Å². The van der Waals surface area contributed by atoms with Crippen LogP contribution < -0.4 is 5.32 Å². The number of benzene rings is 1. The molecule has 0 unspecified atom stereocenters. The number of nitrogens with zero attached hydrogens (tertiary/aromatic N) is 1. The van der Waals surface area contributed by atoms with Crippen molar-refractivity contribution in [1.29, 1.82) is 0 Å². The van der Waals surface area contributed by atoms with Gasteiger partial charge in [0.1, 0.15) is 11.6 Å². The van der Waals surface area contributed by atoms with Crippen LogP contribution in [0, 0.1) is 11.6 Å². The molecule has 0 bridgehead atoms. The van der Waals surface area contributed by atoms with Crippen molar-refractivity contribution in [3.05, 3.63) is 35.4 Å². The predicted molar refractivity (Wildman–Crippen MR) is 59.7 cm³/mol. The largest absolute Gasteiger partial charge is 0.337 e. The Kier molecular flexibility index (Phi) is 3.68. The van der Waals surface area contributed by atoms with Gasteiger partial charge in [-0.2, -0.15) is 0 Å². The van der Waals surface area contributed by atoms with Gasteiger partial charge in [-0.3, -0.25) is 4.79 Å². The number of amides is 1. The zero-order valence-electron chi connectivity index (χ0n) is 9.38. The molecule has 1 saturated heterocycles. The molecule has 1 aromatic rings. The molecule has 0 aromatic heterocycles. The monoisotopic (exact) mass is 240 g/mol. The Hall–Kier alpha value is -1.49. The average molecular weight is 240 g/mol. The van der Waals surface area contributed by atoms with E-state index in [0.717, 1.165) is 31.2 Å². The summed E-state index contributed by atoms with van der Waals surface area (Å²) in [6.45, 7) is 2.62. The minimum atomic E-state index is -0.673. The number of halogens is 2. The van der Waals surface area contributed by atoms with E-state index >= 15 is 0 Å². The van der Waals surface area contributed by atoms with E-state index in [9.17, 15) is 13.6 Å². The third-order valence-electron chi connectivity index (χ3n) is 2.79. The summed E-state index contributed by atoms with van der Waals surface area (Å²) in [4.78, 5) is 13.6. The summed E-state index contributed by atoms with van der Waals surface area (Å²) in [5.41, 5.74) is -0.188. The van der Waals surface area contributed by atoms with Gasteiger partial charge in [0.15, 0.2) is 0 Å². The van der Waals surface area contributed by atoms with Crippen LogP contribution in [-0.2, 0) is 0 Å². The summed E-state index contributed by atoms with van der Waals surface area (Å²) in [6, 6.07) is 2.95. The molecule has 1 aromatic carbocycles. The fourth-order valence-electron chi connectivity index (χ4n) is 1.88. The van der Waals surface area contributed by atoms with Crippen molar-refractivity contribution in [2.75, 3.05) is 26.2 Å². The van der Waals surface area contributed by atoms with Crippen molar-refractivity contribution in [3.8, 4) is 0 Å². The molecule has 1 fully saturated rings. The summed E-state index contributed by atoms with van der Waals surface area (Å²) >= 11 is 0. The predicted octanol–water partition coefficient (Wildman–Crippen LogP) is 1.40. The molecule has 1 amide bonds. The molecular weight excluding hydrogens is 226 g/mol. The number of carbonyl (C=O) groups excluding carboxylic acids is 1. The molecule has 0 atom stereocenters. The molecule has 0 aliphatic carbocycles. The normalized spacial score (nSPS) is 16.7. The van der Waals surface area contributed by atoms with Gasteiger partial charge in [0.05, 0.1) is 5.56 Å². The van der Waals surface area contributed by atoms with Crippen molar-refractivity contribution in [3.63, 3.8) is 0 Å². The van der Waals surface area contributed by atoms with Gasteiger partial charge >= 0.3 is 0 Å². The summed E-state index contributed by atoms with van der Waals surface area (Å²) < 4.78 is 26.5. The van der Waals surface area contributed by atoms with E-state index in [1.165, 1.54) is 0 Å². The molecule has 2 rings (SSSR count). The van der Waals surface area contributed by atoms with E-state index in [1.807, 2.05) is 0 Å². The Balaban J connectivity index is 2.20. The lowest BCUT2D eigenvalue weighted by Gasteiger charge is -2.20. The molecule has 0 spiro atoms. The maximum Gasteiger partial charge on any atom is 0.256 e. The average Bonchev–Trinajstić information content (AvgIpc) is 2.60. The minimum absolute atomic E-state index is 0.188. The molecule has 1 heterocycles. The summed E-state index contributed by atoms with van der Waals surface area (Å²) in [5, 5.41) is 3.15. The number of carbonyl (C=O) groups is 1. The molecule has 17 heavy (non-hydrogen) atoms. The maximum absolute atomic E-state index is 13.4. The second-order valence-electron chi connectivity index (χ2n) is 4.02. The Morgan fingerprint density at radius 2 is 2.06 bits per heavy atom. The molecule has 0 radical (unpaired) electrons. The standard InChI is InChI=1S/C12H14F2N2O/c13-9-2-3-11(14)10(8-9)12(17)16-6-1-4-15-5-7-16/h2-3,8,15H,1,4-7H2. The summed E-state index contributed by atoms with van der Waals surface area (Å²) in [5.74, 6) is -1.71. The highest BCUT2D eigenvalue weighted by molar-refractivity contribution is 5.94. The van der Waals surface area contributed by atoms with Gasteiger partial charge in [-0.25, -0.2) is 8.78 Å². The van der Waals surface area contributed by atoms with Crippen LogP contribution >= 0.6 is 0 Å². The van der Waals surface area contributed by atoms with Gasteiger partial charge in [-0.1, -0.05) is 0 Å². The van der Waals surface area contributed by atoms with Crippen LogP contribution in [0.4, 0.5) is 8.78 Å². The number of hydrogen-bond donors (Lipinski definition) is 1. The van der Waals surface area contributed by atoms with Crippen molar-refractivity contribution in [2.45, 2.75) is 6.42 Å². The second kappa shape index (κ2) is 5.23. The second-order valence-corrected chi connectivity index (χ2v) is 4.02. The fourth-order valence-corrected chi connectivity index (χ4v) is 1.88. The third kappa shape index (κ3) is 2.79. The van der Waals surface area contributed by atoms with Crippen molar-refractivity contribution in [1.82, 2.24) is 10.2 Å². The van der Waals surface area contributed by atoms with Crippen molar-refractivity contribution < 1.29 is 13.6 Å². The van der Waals surface area contributed by atoms with Gasteiger partial charge in [0.2, 0.25) is 0 Å². The van der Waals surface area contributed by atoms with E-state index in [0.29, 0.717) is 19.6 Å². The topological polar surface area (TPSA) is 32.3 Å². The van der Waals surface area contributed by atoms with Crippen LogP contribution in [0.2, 0.25) is 0 Å². The van der Waals surface area contributed by atoms with Gasteiger partial charge in [-0.05, 0) is 31.2 Å². The van der Waals surface area contributed by atoms with E-state index in [2.05, 4.69) is 5.32 Å². The van der Waals surface area contributed by atoms with E-state index in [4.69, 9.17) is 0 Å². The molecule has 1 aliphatic rings. The highest BCUT2D eigenvalue weighted by Crippen LogP contribution is 2.13. The number of hydrogen-bond acceptors (Lipinski definition) is 2. The van der Waals surface area contributed by atoms with E-state index in [1.54, 1.807) is 4.90 Å². The maximum atomic E-state index is 13.4. The minimum Gasteiger partial charge on any atom is -0.337 e. The van der Waals surface area contributed by atoms with E-state index in [-0.39, 0.29) is 5.56 Å². The Labute approximate surface area is 98.4 Å². The molecule has 3 nitrogen and oxygen atoms in total. The van der Waals surface area contributed by atoms with Crippen LogP contribution in [-0.4, -0.2) is 37.0 Å². The van der Waals surface area contributed by atoms with Crippen LogP contribution in [0.1, 0.15) is 16.8 Å². The molecule has 1 aliphatic heterocycles. The van der Waals surface area contributed by atoms with Gasteiger partial charge < -0.3 is 10.2 Å². The van der Waals surface area contributed by atoms with Gasteiger partial charge in [0.25, 0.3) is 5.91 Å². The highest BCUT2D eigenvalue weighted by Gasteiger charge is 2.20.